The summed E-state index contributed by atoms with van der Waals surface area (Å²) >= 11 is 0. The number of alkyl halides is 3. The molecule has 1 heterocycles. The van der Waals surface area contributed by atoms with Gasteiger partial charge in [-0.25, -0.2) is 0 Å². The first-order valence-corrected chi connectivity index (χ1v) is 5.97. The Morgan fingerprint density at radius 3 is 2.38 bits per heavy atom. The van der Waals surface area contributed by atoms with Crippen molar-refractivity contribution in [3.63, 3.8) is 0 Å². The maximum Gasteiger partial charge on any atom is 0.393 e. The van der Waals surface area contributed by atoms with Crippen LogP contribution in [0.5, 0.6) is 0 Å². The van der Waals surface area contributed by atoms with E-state index >= 15 is 0 Å². The minimum atomic E-state index is -4.08. The summed E-state index contributed by atoms with van der Waals surface area (Å²) in [6, 6.07) is -0.0369. The smallest absolute Gasteiger partial charge is 0.391 e. The number of hydrogen-bond acceptors (Lipinski definition) is 2. The second kappa shape index (κ2) is 4.53. The molecule has 2 nitrogen and oxygen atoms in total. The minimum Gasteiger partial charge on any atom is -0.391 e. The van der Waals surface area contributed by atoms with E-state index in [2.05, 4.69) is 0 Å². The highest BCUT2D eigenvalue weighted by Crippen LogP contribution is 2.35. The van der Waals surface area contributed by atoms with Gasteiger partial charge in [0.05, 0.1) is 12.0 Å². The van der Waals surface area contributed by atoms with Crippen molar-refractivity contribution in [2.45, 2.75) is 50.4 Å². The van der Waals surface area contributed by atoms with Gasteiger partial charge < -0.3 is 5.11 Å². The average Bonchev–Trinajstić information content (AvgIpc) is 2.63. The van der Waals surface area contributed by atoms with Gasteiger partial charge in [-0.1, -0.05) is 0 Å². The van der Waals surface area contributed by atoms with Crippen LogP contribution >= 0.6 is 0 Å². The molecule has 1 saturated carbocycles. The van der Waals surface area contributed by atoms with E-state index in [0.717, 1.165) is 19.3 Å². The van der Waals surface area contributed by atoms with Crippen LogP contribution < -0.4 is 0 Å². The summed E-state index contributed by atoms with van der Waals surface area (Å²) in [6.45, 7) is 0.777. The molecule has 1 N–H and O–H groups in total. The van der Waals surface area contributed by atoms with Gasteiger partial charge >= 0.3 is 6.18 Å². The third-order valence-electron chi connectivity index (χ3n) is 3.83. The molecule has 2 aliphatic rings. The average molecular weight is 237 g/mol. The normalized spacial score (nSPS) is 37.9. The Morgan fingerprint density at radius 2 is 1.81 bits per heavy atom. The van der Waals surface area contributed by atoms with Gasteiger partial charge in [0.15, 0.2) is 0 Å². The Balaban J connectivity index is 1.96. The molecule has 0 aromatic carbocycles. The molecule has 0 radical (unpaired) electrons. The number of aliphatic hydroxyl groups excluding tert-OH is 1. The second-order valence-corrected chi connectivity index (χ2v) is 4.94. The number of piperidine rings is 1. The topological polar surface area (TPSA) is 23.5 Å². The molecule has 0 spiro atoms. The van der Waals surface area contributed by atoms with Crippen molar-refractivity contribution in [3.05, 3.63) is 0 Å². The zero-order chi connectivity index (χ0) is 11.8. The van der Waals surface area contributed by atoms with Crippen molar-refractivity contribution in [3.8, 4) is 0 Å². The van der Waals surface area contributed by atoms with E-state index in [4.69, 9.17) is 0 Å². The molecule has 0 aromatic heterocycles. The Labute approximate surface area is 93.4 Å². The van der Waals surface area contributed by atoms with Crippen LogP contribution in [0.2, 0.25) is 0 Å². The Bertz CT molecular complexity index is 244. The van der Waals surface area contributed by atoms with Crippen LogP contribution in [0, 0.1) is 5.92 Å². The van der Waals surface area contributed by atoms with E-state index < -0.39 is 18.2 Å². The molecule has 16 heavy (non-hydrogen) atoms. The summed E-state index contributed by atoms with van der Waals surface area (Å²) in [6.07, 6.45) is -1.17. The van der Waals surface area contributed by atoms with Gasteiger partial charge in [-0.2, -0.15) is 13.2 Å². The van der Waals surface area contributed by atoms with Crippen molar-refractivity contribution in [1.29, 1.82) is 0 Å². The highest BCUT2D eigenvalue weighted by atomic mass is 19.4. The highest BCUT2D eigenvalue weighted by molar-refractivity contribution is 4.89. The summed E-state index contributed by atoms with van der Waals surface area (Å²) in [5, 5.41) is 9.71. The lowest BCUT2D eigenvalue weighted by atomic mass is 9.95. The summed E-state index contributed by atoms with van der Waals surface area (Å²) in [5.41, 5.74) is 0. The summed E-state index contributed by atoms with van der Waals surface area (Å²) in [7, 11) is 0. The number of hydrogen-bond donors (Lipinski definition) is 1. The van der Waals surface area contributed by atoms with Crippen molar-refractivity contribution < 1.29 is 18.3 Å². The van der Waals surface area contributed by atoms with Gasteiger partial charge in [-0.05, 0) is 38.6 Å². The lowest BCUT2D eigenvalue weighted by Gasteiger charge is -2.38. The van der Waals surface area contributed by atoms with E-state index in [0.29, 0.717) is 13.0 Å². The predicted octanol–water partition coefficient (Wildman–Crippen LogP) is 2.17. The van der Waals surface area contributed by atoms with Gasteiger partial charge in [0.25, 0.3) is 0 Å². The number of nitrogens with zero attached hydrogens (tertiary/aromatic N) is 1. The molecule has 5 heteroatoms. The fraction of sp³-hybridized carbons (Fsp3) is 1.00. The summed E-state index contributed by atoms with van der Waals surface area (Å²) in [4.78, 5) is 1.85. The van der Waals surface area contributed by atoms with Gasteiger partial charge in [-0.15, -0.1) is 0 Å². The van der Waals surface area contributed by atoms with E-state index in [1.54, 1.807) is 0 Å². The fourth-order valence-electron chi connectivity index (χ4n) is 2.92. The van der Waals surface area contributed by atoms with E-state index in [9.17, 15) is 18.3 Å². The number of halogens is 3. The van der Waals surface area contributed by atoms with E-state index in [1.807, 2.05) is 4.90 Å². The molecule has 0 bridgehead atoms. The van der Waals surface area contributed by atoms with Crippen LogP contribution in [-0.2, 0) is 0 Å². The quantitative estimate of drug-likeness (QED) is 0.755. The molecule has 2 rings (SSSR count). The molecule has 1 unspecified atom stereocenters. The van der Waals surface area contributed by atoms with Gasteiger partial charge in [0.2, 0.25) is 0 Å². The Hall–Kier alpha value is -0.290. The van der Waals surface area contributed by atoms with Crippen molar-refractivity contribution in [1.82, 2.24) is 4.90 Å². The molecule has 1 aliphatic carbocycles. The van der Waals surface area contributed by atoms with Crippen LogP contribution in [0.3, 0.4) is 0 Å². The highest BCUT2D eigenvalue weighted by Gasteiger charge is 2.44. The first-order valence-electron chi connectivity index (χ1n) is 5.97. The zero-order valence-electron chi connectivity index (χ0n) is 9.21. The largest absolute Gasteiger partial charge is 0.393 e. The molecular weight excluding hydrogens is 219 g/mol. The van der Waals surface area contributed by atoms with Crippen molar-refractivity contribution in [2.75, 3.05) is 13.1 Å². The van der Waals surface area contributed by atoms with Gasteiger partial charge in [0, 0.05) is 12.6 Å². The second-order valence-electron chi connectivity index (χ2n) is 4.94. The third-order valence-corrected chi connectivity index (χ3v) is 3.83. The molecular formula is C11H18F3NO. The standard InChI is InChI=1S/C11H18F3NO/c12-11(13,14)8-3-2-6-15(7-8)9-4-1-5-10(9)16/h8-10,16H,1-7H2/t8?,9-,10-/m1/s1. The molecule has 1 saturated heterocycles. The first-order chi connectivity index (χ1) is 7.48. The van der Waals surface area contributed by atoms with Gasteiger partial charge in [0.1, 0.15) is 0 Å². The van der Waals surface area contributed by atoms with Crippen LogP contribution in [-0.4, -0.2) is 41.4 Å². The lowest BCUT2D eigenvalue weighted by Crippen LogP contribution is -2.49. The first kappa shape index (κ1) is 12.2. The maximum atomic E-state index is 12.6. The van der Waals surface area contributed by atoms with Crippen molar-refractivity contribution >= 4 is 0 Å². The molecule has 0 aromatic rings. The van der Waals surface area contributed by atoms with Crippen LogP contribution in [0.25, 0.3) is 0 Å². The predicted molar refractivity (Wildman–Crippen MR) is 54.0 cm³/mol. The minimum absolute atomic E-state index is 0.0369. The lowest BCUT2D eigenvalue weighted by molar-refractivity contribution is -0.189. The Kier molecular flexibility index (Phi) is 3.45. The molecule has 2 fully saturated rings. The molecule has 94 valence electrons. The van der Waals surface area contributed by atoms with Crippen LogP contribution in [0.4, 0.5) is 13.2 Å². The fourth-order valence-corrected chi connectivity index (χ4v) is 2.92. The molecule has 1 aliphatic heterocycles. The van der Waals surface area contributed by atoms with E-state index in [-0.39, 0.29) is 19.0 Å². The zero-order valence-corrected chi connectivity index (χ0v) is 9.21. The summed E-state index contributed by atoms with van der Waals surface area (Å²) < 4.78 is 37.8. The number of aliphatic hydroxyl groups is 1. The monoisotopic (exact) mass is 237 g/mol. The van der Waals surface area contributed by atoms with Crippen LogP contribution in [0.15, 0.2) is 0 Å². The van der Waals surface area contributed by atoms with E-state index in [1.165, 1.54) is 0 Å². The summed E-state index contributed by atoms with van der Waals surface area (Å²) in [5.74, 6) is -1.20. The third kappa shape index (κ3) is 2.51. The number of likely N-dealkylation sites (tertiary alicyclic amines) is 1. The molecule has 0 amide bonds. The SMILES string of the molecule is O[C@@H]1CCC[C@H]1N1CCCC(C(F)(F)F)C1. The molecule has 3 atom stereocenters. The van der Waals surface area contributed by atoms with Crippen LogP contribution in [0.1, 0.15) is 32.1 Å². The van der Waals surface area contributed by atoms with Gasteiger partial charge in [-0.3, -0.25) is 4.90 Å². The maximum absolute atomic E-state index is 12.6. The number of rotatable bonds is 1. The Morgan fingerprint density at radius 1 is 1.06 bits per heavy atom. The van der Waals surface area contributed by atoms with Crippen molar-refractivity contribution in [2.24, 2.45) is 5.92 Å².